The molecule has 2 aromatic rings. The summed E-state index contributed by atoms with van der Waals surface area (Å²) in [4.78, 5) is 0. The molecule has 1 N–H and O–H groups in total. The normalized spacial score (nSPS) is 10.5. The smallest absolute Gasteiger partial charge is 0.135 e. The lowest BCUT2D eigenvalue weighted by atomic mass is 10.2. The Morgan fingerprint density at radius 2 is 1.68 bits per heavy atom. The summed E-state index contributed by atoms with van der Waals surface area (Å²) in [7, 11) is 4.74. The summed E-state index contributed by atoms with van der Waals surface area (Å²) in [5.74, 6) is 1.86. The van der Waals surface area contributed by atoms with E-state index in [0.29, 0.717) is 27.8 Å². The van der Waals surface area contributed by atoms with E-state index >= 15 is 0 Å². The molecule has 0 bridgehead atoms. The molecule has 0 fully saturated rings. The topological polar surface area (TPSA) is 52.1 Å². The summed E-state index contributed by atoms with van der Waals surface area (Å²) >= 11 is 5.92. The summed E-state index contributed by atoms with van der Waals surface area (Å²) < 4.78 is 15.9. The molecular weight excluding hydrogens is 304 g/mol. The van der Waals surface area contributed by atoms with Gasteiger partial charge in [0.25, 0.3) is 0 Å². The van der Waals surface area contributed by atoms with Crippen molar-refractivity contribution in [1.82, 2.24) is 0 Å². The van der Waals surface area contributed by atoms with Crippen LogP contribution < -0.4 is 19.6 Å². The van der Waals surface area contributed by atoms with Crippen LogP contribution in [0.3, 0.4) is 0 Å². The number of benzene rings is 2. The summed E-state index contributed by atoms with van der Waals surface area (Å²) in [6.07, 6.45) is 1.62. The first-order valence-electron chi connectivity index (χ1n) is 6.52. The molecule has 0 saturated carbocycles. The minimum absolute atomic E-state index is 0.604. The van der Waals surface area contributed by atoms with Gasteiger partial charge in [-0.2, -0.15) is 5.10 Å². The SMILES string of the molecule is COc1cc(OC)c(C=NNc2cccc(Cl)c2)c(OC)c1. The third-order valence-corrected chi connectivity index (χ3v) is 3.20. The third kappa shape index (κ3) is 3.83. The van der Waals surface area contributed by atoms with E-state index in [-0.39, 0.29) is 0 Å². The van der Waals surface area contributed by atoms with E-state index in [1.807, 2.05) is 12.1 Å². The molecule has 6 heteroatoms. The van der Waals surface area contributed by atoms with Gasteiger partial charge < -0.3 is 14.2 Å². The predicted octanol–water partition coefficient (Wildman–Crippen LogP) is 3.81. The summed E-state index contributed by atoms with van der Waals surface area (Å²) in [5.41, 5.74) is 4.40. The van der Waals surface area contributed by atoms with Crippen molar-refractivity contribution in [3.05, 3.63) is 47.0 Å². The molecule has 0 aromatic heterocycles. The van der Waals surface area contributed by atoms with E-state index in [2.05, 4.69) is 10.5 Å². The second-order valence-electron chi connectivity index (χ2n) is 4.33. The third-order valence-electron chi connectivity index (χ3n) is 2.97. The number of nitrogens with zero attached hydrogens (tertiary/aromatic N) is 1. The van der Waals surface area contributed by atoms with Crippen molar-refractivity contribution in [3.63, 3.8) is 0 Å². The Hall–Kier alpha value is -2.40. The maximum absolute atomic E-state index is 5.92. The minimum atomic E-state index is 0.604. The zero-order valence-electron chi connectivity index (χ0n) is 12.6. The van der Waals surface area contributed by atoms with Crippen LogP contribution in [0.4, 0.5) is 5.69 Å². The van der Waals surface area contributed by atoms with Gasteiger partial charge in [-0.05, 0) is 18.2 Å². The van der Waals surface area contributed by atoms with Gasteiger partial charge in [0.2, 0.25) is 0 Å². The first kappa shape index (κ1) is 16.0. The summed E-state index contributed by atoms with van der Waals surface area (Å²) in [6, 6.07) is 10.8. The van der Waals surface area contributed by atoms with Crippen LogP contribution in [0.15, 0.2) is 41.5 Å². The molecule has 0 spiro atoms. The number of hydrogen-bond acceptors (Lipinski definition) is 5. The highest BCUT2D eigenvalue weighted by atomic mass is 35.5. The van der Waals surface area contributed by atoms with Crippen molar-refractivity contribution < 1.29 is 14.2 Å². The van der Waals surface area contributed by atoms with Crippen LogP contribution >= 0.6 is 11.6 Å². The lowest BCUT2D eigenvalue weighted by Crippen LogP contribution is -1.99. The molecule has 0 atom stereocenters. The molecular formula is C16H17ClN2O3. The number of hydrazone groups is 1. The van der Waals surface area contributed by atoms with Gasteiger partial charge in [0, 0.05) is 17.2 Å². The quantitative estimate of drug-likeness (QED) is 0.649. The van der Waals surface area contributed by atoms with Crippen molar-refractivity contribution in [2.75, 3.05) is 26.8 Å². The molecule has 0 unspecified atom stereocenters. The standard InChI is InChI=1S/C16H17ClN2O3/c1-20-13-8-15(21-2)14(16(9-13)22-3)10-18-19-12-6-4-5-11(17)7-12/h4-10,19H,1-3H3. The van der Waals surface area contributed by atoms with Crippen LogP contribution in [-0.4, -0.2) is 27.5 Å². The molecule has 0 aliphatic rings. The number of rotatable bonds is 6. The fraction of sp³-hybridized carbons (Fsp3) is 0.188. The average molecular weight is 321 g/mol. The zero-order chi connectivity index (χ0) is 15.9. The Bertz CT molecular complexity index is 649. The highest BCUT2D eigenvalue weighted by Crippen LogP contribution is 2.32. The Morgan fingerprint density at radius 3 is 2.23 bits per heavy atom. The number of halogens is 1. The molecule has 22 heavy (non-hydrogen) atoms. The highest BCUT2D eigenvalue weighted by Gasteiger charge is 2.11. The zero-order valence-corrected chi connectivity index (χ0v) is 13.3. The van der Waals surface area contributed by atoms with Crippen LogP contribution in [0, 0.1) is 0 Å². The molecule has 5 nitrogen and oxygen atoms in total. The minimum Gasteiger partial charge on any atom is -0.496 e. The Kier molecular flexibility index (Phi) is 5.49. The summed E-state index contributed by atoms with van der Waals surface area (Å²) in [5, 5.41) is 4.83. The Balaban J connectivity index is 2.25. The number of anilines is 1. The van der Waals surface area contributed by atoms with E-state index in [1.165, 1.54) is 0 Å². The number of nitrogens with one attached hydrogen (secondary N) is 1. The number of ether oxygens (including phenoxy) is 3. The van der Waals surface area contributed by atoms with Crippen LogP contribution in [0.5, 0.6) is 17.2 Å². The van der Waals surface area contributed by atoms with E-state index in [0.717, 1.165) is 5.69 Å². The molecule has 0 aliphatic carbocycles. The average Bonchev–Trinajstić information content (AvgIpc) is 2.54. The largest absolute Gasteiger partial charge is 0.496 e. The number of hydrogen-bond donors (Lipinski definition) is 1. The van der Waals surface area contributed by atoms with Gasteiger partial charge in [0.05, 0.1) is 38.8 Å². The molecule has 116 valence electrons. The fourth-order valence-electron chi connectivity index (χ4n) is 1.89. The van der Waals surface area contributed by atoms with Gasteiger partial charge in [0.15, 0.2) is 0 Å². The number of methoxy groups -OCH3 is 3. The predicted molar refractivity (Wildman–Crippen MR) is 88.8 cm³/mol. The van der Waals surface area contributed by atoms with Crippen molar-refractivity contribution in [2.45, 2.75) is 0 Å². The Labute approximate surface area is 134 Å². The maximum atomic E-state index is 5.92. The fourth-order valence-corrected chi connectivity index (χ4v) is 2.08. The van der Waals surface area contributed by atoms with E-state index in [1.54, 1.807) is 51.8 Å². The van der Waals surface area contributed by atoms with Gasteiger partial charge in [-0.25, -0.2) is 0 Å². The van der Waals surface area contributed by atoms with Gasteiger partial charge in [-0.15, -0.1) is 0 Å². The lowest BCUT2D eigenvalue weighted by Gasteiger charge is -2.12. The molecule has 0 amide bonds. The maximum Gasteiger partial charge on any atom is 0.135 e. The molecule has 0 heterocycles. The molecule has 0 saturated heterocycles. The van der Waals surface area contributed by atoms with Crippen molar-refractivity contribution >= 4 is 23.5 Å². The van der Waals surface area contributed by atoms with Gasteiger partial charge >= 0.3 is 0 Å². The molecule has 2 aromatic carbocycles. The van der Waals surface area contributed by atoms with Crippen LogP contribution in [0.25, 0.3) is 0 Å². The second kappa shape index (κ2) is 7.56. The molecule has 2 rings (SSSR count). The van der Waals surface area contributed by atoms with E-state index in [9.17, 15) is 0 Å². The van der Waals surface area contributed by atoms with Crippen molar-refractivity contribution in [1.29, 1.82) is 0 Å². The van der Waals surface area contributed by atoms with Crippen LogP contribution in [-0.2, 0) is 0 Å². The lowest BCUT2D eigenvalue weighted by molar-refractivity contribution is 0.374. The second-order valence-corrected chi connectivity index (χ2v) is 4.76. The van der Waals surface area contributed by atoms with Crippen molar-refractivity contribution in [2.24, 2.45) is 5.10 Å². The van der Waals surface area contributed by atoms with Gasteiger partial charge in [-0.1, -0.05) is 17.7 Å². The highest BCUT2D eigenvalue weighted by molar-refractivity contribution is 6.30. The Morgan fingerprint density at radius 1 is 1.00 bits per heavy atom. The van der Waals surface area contributed by atoms with Gasteiger partial charge in [-0.3, -0.25) is 5.43 Å². The molecule has 0 radical (unpaired) electrons. The molecule has 0 aliphatic heterocycles. The van der Waals surface area contributed by atoms with E-state index < -0.39 is 0 Å². The van der Waals surface area contributed by atoms with Crippen LogP contribution in [0.1, 0.15) is 5.56 Å². The monoisotopic (exact) mass is 320 g/mol. The van der Waals surface area contributed by atoms with E-state index in [4.69, 9.17) is 25.8 Å². The first-order chi connectivity index (χ1) is 10.7. The summed E-state index contributed by atoms with van der Waals surface area (Å²) in [6.45, 7) is 0. The van der Waals surface area contributed by atoms with Crippen LogP contribution in [0.2, 0.25) is 5.02 Å². The first-order valence-corrected chi connectivity index (χ1v) is 6.90. The van der Waals surface area contributed by atoms with Crippen molar-refractivity contribution in [3.8, 4) is 17.2 Å². The van der Waals surface area contributed by atoms with Gasteiger partial charge in [0.1, 0.15) is 17.2 Å².